The molecule has 0 bridgehead atoms. The van der Waals surface area contributed by atoms with Crippen molar-refractivity contribution in [3.63, 3.8) is 0 Å². The first-order chi connectivity index (χ1) is 8.56. The van der Waals surface area contributed by atoms with Crippen LogP contribution < -0.4 is 5.73 Å². The van der Waals surface area contributed by atoms with Crippen molar-refractivity contribution < 1.29 is 9.21 Å². The van der Waals surface area contributed by atoms with Gasteiger partial charge in [-0.1, -0.05) is 27.5 Å². The molecule has 3 nitrogen and oxygen atoms in total. The summed E-state index contributed by atoms with van der Waals surface area (Å²) in [5.41, 5.74) is 5.92. The molecule has 2 rings (SSSR count). The molecule has 0 radical (unpaired) electrons. The van der Waals surface area contributed by atoms with E-state index in [4.69, 9.17) is 21.8 Å². The Morgan fingerprint density at radius 2 is 2.11 bits per heavy atom. The van der Waals surface area contributed by atoms with Gasteiger partial charge in [-0.25, -0.2) is 0 Å². The second-order valence-electron chi connectivity index (χ2n) is 3.86. The molecule has 0 fully saturated rings. The largest absolute Gasteiger partial charge is 0.461 e. The molecule has 0 spiro atoms. The Morgan fingerprint density at radius 1 is 1.33 bits per heavy atom. The first-order valence-electron chi connectivity index (χ1n) is 5.38. The number of primary amides is 1. The third kappa shape index (κ3) is 3.15. The van der Waals surface area contributed by atoms with Gasteiger partial charge in [0, 0.05) is 22.9 Å². The highest BCUT2D eigenvalue weighted by Crippen LogP contribution is 2.31. The maximum Gasteiger partial charge on any atom is 0.217 e. The quantitative estimate of drug-likeness (QED) is 0.928. The minimum absolute atomic E-state index is 0.279. The van der Waals surface area contributed by atoms with Crippen molar-refractivity contribution in [2.45, 2.75) is 12.8 Å². The van der Waals surface area contributed by atoms with Gasteiger partial charge in [-0.2, -0.15) is 0 Å². The molecule has 2 aromatic rings. The number of carbonyl (C=O) groups is 1. The number of hydrogen-bond donors (Lipinski definition) is 1. The molecule has 2 N–H and O–H groups in total. The molecule has 5 heteroatoms. The molecule has 94 valence electrons. The Kier molecular flexibility index (Phi) is 4.09. The highest BCUT2D eigenvalue weighted by atomic mass is 79.9. The van der Waals surface area contributed by atoms with Gasteiger partial charge in [0.15, 0.2) is 0 Å². The molecule has 0 atom stereocenters. The van der Waals surface area contributed by atoms with Crippen LogP contribution in [-0.2, 0) is 11.2 Å². The molecule has 0 saturated heterocycles. The smallest absolute Gasteiger partial charge is 0.217 e. The third-order valence-electron chi connectivity index (χ3n) is 2.48. The first kappa shape index (κ1) is 13.2. The molecule has 0 unspecified atom stereocenters. The summed E-state index contributed by atoms with van der Waals surface area (Å²) in [5, 5.41) is 0.611. The molecule has 1 amide bonds. The highest BCUT2D eigenvalue weighted by molar-refractivity contribution is 9.10. The Balaban J connectivity index is 2.21. The fourth-order valence-corrected chi connectivity index (χ4v) is 2.36. The van der Waals surface area contributed by atoms with Gasteiger partial charge in [-0.15, -0.1) is 0 Å². The molecule has 1 aromatic heterocycles. The van der Waals surface area contributed by atoms with Gasteiger partial charge in [0.1, 0.15) is 11.5 Å². The third-order valence-corrected chi connectivity index (χ3v) is 3.28. The van der Waals surface area contributed by atoms with Crippen LogP contribution >= 0.6 is 27.5 Å². The number of hydrogen-bond acceptors (Lipinski definition) is 2. The maximum absolute atomic E-state index is 10.7. The lowest BCUT2D eigenvalue weighted by molar-refractivity contribution is -0.118. The minimum atomic E-state index is -0.338. The van der Waals surface area contributed by atoms with Gasteiger partial charge in [0.05, 0.1) is 5.02 Å². The second kappa shape index (κ2) is 5.59. The fraction of sp³-hybridized carbons (Fsp3) is 0.154. The summed E-state index contributed by atoms with van der Waals surface area (Å²) in [4.78, 5) is 10.7. The summed E-state index contributed by atoms with van der Waals surface area (Å²) in [6, 6.07) is 9.25. The van der Waals surface area contributed by atoms with Crippen LogP contribution in [0.25, 0.3) is 11.3 Å². The van der Waals surface area contributed by atoms with E-state index in [2.05, 4.69) is 15.9 Å². The summed E-state index contributed by atoms with van der Waals surface area (Å²) in [6.07, 6.45) is 0.782. The van der Waals surface area contributed by atoms with E-state index < -0.39 is 0 Å². The number of aryl methyl sites for hydroxylation is 1. The lowest BCUT2D eigenvalue weighted by Gasteiger charge is -2.01. The zero-order chi connectivity index (χ0) is 13.1. The summed E-state index contributed by atoms with van der Waals surface area (Å²) in [6.45, 7) is 0. The van der Waals surface area contributed by atoms with Crippen LogP contribution in [0.4, 0.5) is 0 Å². The molecule has 1 aromatic carbocycles. The molecule has 0 saturated carbocycles. The van der Waals surface area contributed by atoms with Gasteiger partial charge in [0.25, 0.3) is 0 Å². The average Bonchev–Trinajstić information content (AvgIpc) is 2.75. The summed E-state index contributed by atoms with van der Waals surface area (Å²) < 4.78 is 6.55. The topological polar surface area (TPSA) is 56.2 Å². The minimum Gasteiger partial charge on any atom is -0.461 e. The number of nitrogens with two attached hydrogens (primary N) is 1. The van der Waals surface area contributed by atoms with Crippen molar-refractivity contribution in [3.8, 4) is 11.3 Å². The SMILES string of the molecule is NC(=O)CCc1ccc(-c2ccc(Br)cc2Cl)o1. The van der Waals surface area contributed by atoms with E-state index in [1.807, 2.05) is 30.3 Å². The lowest BCUT2D eigenvalue weighted by Crippen LogP contribution is -2.10. The molecule has 0 aliphatic carbocycles. The molecular formula is C13H11BrClNO2. The number of carbonyl (C=O) groups excluding carboxylic acids is 1. The zero-order valence-electron chi connectivity index (χ0n) is 9.45. The van der Waals surface area contributed by atoms with Crippen LogP contribution in [0, 0.1) is 0 Å². The van der Waals surface area contributed by atoms with Crippen molar-refractivity contribution in [2.75, 3.05) is 0 Å². The number of benzene rings is 1. The van der Waals surface area contributed by atoms with Crippen molar-refractivity contribution in [1.82, 2.24) is 0 Å². The van der Waals surface area contributed by atoms with Crippen LogP contribution in [0.3, 0.4) is 0 Å². The molecule has 1 heterocycles. The van der Waals surface area contributed by atoms with Crippen LogP contribution in [0.5, 0.6) is 0 Å². The normalized spacial score (nSPS) is 10.6. The molecule has 0 aliphatic heterocycles. The van der Waals surface area contributed by atoms with Crippen molar-refractivity contribution in [3.05, 3.63) is 45.6 Å². The van der Waals surface area contributed by atoms with Gasteiger partial charge in [0.2, 0.25) is 5.91 Å². The number of rotatable bonds is 4. The Labute approximate surface area is 118 Å². The van der Waals surface area contributed by atoms with Crippen molar-refractivity contribution in [1.29, 1.82) is 0 Å². The number of amides is 1. The maximum atomic E-state index is 10.7. The summed E-state index contributed by atoms with van der Waals surface area (Å²) in [5.74, 6) is 1.07. The van der Waals surface area contributed by atoms with E-state index in [0.717, 1.165) is 15.8 Å². The van der Waals surface area contributed by atoms with Crippen LogP contribution in [0.1, 0.15) is 12.2 Å². The Morgan fingerprint density at radius 3 is 2.78 bits per heavy atom. The second-order valence-corrected chi connectivity index (χ2v) is 5.18. The first-order valence-corrected chi connectivity index (χ1v) is 6.56. The van der Waals surface area contributed by atoms with E-state index in [1.165, 1.54) is 0 Å². The monoisotopic (exact) mass is 327 g/mol. The Bertz CT molecular complexity index is 580. The van der Waals surface area contributed by atoms with Gasteiger partial charge in [-0.3, -0.25) is 4.79 Å². The average molecular weight is 329 g/mol. The van der Waals surface area contributed by atoms with E-state index in [-0.39, 0.29) is 12.3 Å². The van der Waals surface area contributed by atoms with Crippen LogP contribution in [-0.4, -0.2) is 5.91 Å². The van der Waals surface area contributed by atoms with Crippen molar-refractivity contribution >= 4 is 33.4 Å². The predicted molar refractivity (Wildman–Crippen MR) is 74.4 cm³/mol. The Hall–Kier alpha value is -1.26. The molecule has 18 heavy (non-hydrogen) atoms. The summed E-state index contributed by atoms with van der Waals surface area (Å²) in [7, 11) is 0. The highest BCUT2D eigenvalue weighted by Gasteiger charge is 2.09. The van der Waals surface area contributed by atoms with Gasteiger partial charge >= 0.3 is 0 Å². The van der Waals surface area contributed by atoms with Crippen molar-refractivity contribution in [2.24, 2.45) is 5.73 Å². The van der Waals surface area contributed by atoms with Gasteiger partial charge in [-0.05, 0) is 30.3 Å². The van der Waals surface area contributed by atoms with Crippen LogP contribution in [0.2, 0.25) is 5.02 Å². The molecular weight excluding hydrogens is 318 g/mol. The summed E-state index contributed by atoms with van der Waals surface area (Å²) >= 11 is 9.49. The molecule has 0 aliphatic rings. The fourth-order valence-electron chi connectivity index (χ4n) is 1.59. The van der Waals surface area contributed by atoms with E-state index in [0.29, 0.717) is 17.2 Å². The number of furan rings is 1. The lowest BCUT2D eigenvalue weighted by atomic mass is 10.2. The zero-order valence-corrected chi connectivity index (χ0v) is 11.8. The van der Waals surface area contributed by atoms with Gasteiger partial charge < -0.3 is 10.2 Å². The predicted octanol–water partition coefficient (Wildman–Crippen LogP) is 3.78. The van der Waals surface area contributed by atoms with E-state index >= 15 is 0 Å². The standard InChI is InChI=1S/C13H11BrClNO2/c14-8-1-4-10(11(15)7-8)12-5-2-9(18-12)3-6-13(16)17/h1-2,4-5,7H,3,6H2,(H2,16,17). The van der Waals surface area contributed by atoms with Crippen LogP contribution in [0.15, 0.2) is 39.2 Å². The van der Waals surface area contributed by atoms with E-state index in [1.54, 1.807) is 0 Å². The van der Waals surface area contributed by atoms with E-state index in [9.17, 15) is 4.79 Å². The number of halogens is 2.